The number of hydrogen-bond acceptors (Lipinski definition) is 2. The Labute approximate surface area is 127 Å². The molecular formula is C15H14Cl2FNO. The maximum absolute atomic E-state index is 13.3. The molecule has 0 bridgehead atoms. The lowest BCUT2D eigenvalue weighted by atomic mass is 10.1. The van der Waals surface area contributed by atoms with Gasteiger partial charge in [0.25, 0.3) is 0 Å². The Kier molecular flexibility index (Phi) is 5.24. The van der Waals surface area contributed by atoms with Crippen molar-refractivity contribution in [2.75, 3.05) is 13.6 Å². The second-order valence-corrected chi connectivity index (χ2v) is 5.10. The van der Waals surface area contributed by atoms with Gasteiger partial charge in [0, 0.05) is 6.07 Å². The number of benzene rings is 2. The zero-order valence-corrected chi connectivity index (χ0v) is 12.4. The summed E-state index contributed by atoms with van der Waals surface area (Å²) in [4.78, 5) is 0. The number of halogens is 3. The number of rotatable bonds is 5. The van der Waals surface area contributed by atoms with E-state index in [-0.39, 0.29) is 5.82 Å². The average Bonchev–Trinajstić information content (AvgIpc) is 2.43. The van der Waals surface area contributed by atoms with Gasteiger partial charge >= 0.3 is 0 Å². The zero-order valence-electron chi connectivity index (χ0n) is 10.9. The Morgan fingerprint density at radius 2 is 1.90 bits per heavy atom. The van der Waals surface area contributed by atoms with Crippen LogP contribution in [0, 0.1) is 5.82 Å². The van der Waals surface area contributed by atoms with Gasteiger partial charge in [0.1, 0.15) is 17.3 Å². The molecule has 0 spiro atoms. The van der Waals surface area contributed by atoms with Crippen molar-refractivity contribution in [1.82, 2.24) is 5.32 Å². The molecule has 0 radical (unpaired) electrons. The largest absolute Gasteiger partial charge is 0.457 e. The van der Waals surface area contributed by atoms with Crippen LogP contribution in [-0.4, -0.2) is 13.6 Å². The third-order valence-electron chi connectivity index (χ3n) is 2.79. The van der Waals surface area contributed by atoms with Crippen LogP contribution in [0.2, 0.25) is 10.0 Å². The summed E-state index contributed by atoms with van der Waals surface area (Å²) in [5.41, 5.74) is 0.797. The van der Waals surface area contributed by atoms with Crippen molar-refractivity contribution in [3.8, 4) is 11.5 Å². The molecule has 0 saturated carbocycles. The van der Waals surface area contributed by atoms with Gasteiger partial charge in [0.15, 0.2) is 0 Å². The first kappa shape index (κ1) is 15.1. The molecule has 0 saturated heterocycles. The summed E-state index contributed by atoms with van der Waals surface area (Å²) in [5.74, 6) is 0.898. The Balaban J connectivity index is 2.25. The van der Waals surface area contributed by atoms with Gasteiger partial charge in [0.05, 0.1) is 10.0 Å². The average molecular weight is 314 g/mol. The monoisotopic (exact) mass is 313 g/mol. The quantitative estimate of drug-likeness (QED) is 0.864. The molecular weight excluding hydrogens is 300 g/mol. The first-order valence-electron chi connectivity index (χ1n) is 6.16. The van der Waals surface area contributed by atoms with Gasteiger partial charge in [-0.25, -0.2) is 4.39 Å². The molecule has 5 heteroatoms. The smallest absolute Gasteiger partial charge is 0.130 e. The van der Waals surface area contributed by atoms with E-state index in [0.717, 1.165) is 12.1 Å². The van der Waals surface area contributed by atoms with Gasteiger partial charge in [-0.2, -0.15) is 0 Å². The van der Waals surface area contributed by atoms with Crippen molar-refractivity contribution in [1.29, 1.82) is 0 Å². The van der Waals surface area contributed by atoms with E-state index >= 15 is 0 Å². The predicted octanol–water partition coefficient (Wildman–Crippen LogP) is 4.69. The number of likely N-dealkylation sites (N-methyl/N-ethyl adjacent to an activating group) is 1. The minimum Gasteiger partial charge on any atom is -0.457 e. The number of hydrogen-bond donors (Lipinski definition) is 1. The van der Waals surface area contributed by atoms with E-state index in [4.69, 9.17) is 27.9 Å². The van der Waals surface area contributed by atoms with Crippen molar-refractivity contribution in [3.63, 3.8) is 0 Å². The molecule has 20 heavy (non-hydrogen) atoms. The highest BCUT2D eigenvalue weighted by Crippen LogP contribution is 2.31. The highest BCUT2D eigenvalue weighted by Gasteiger charge is 2.08. The molecule has 0 atom stereocenters. The van der Waals surface area contributed by atoms with Gasteiger partial charge in [-0.05, 0) is 55.9 Å². The van der Waals surface area contributed by atoms with Crippen LogP contribution in [0.4, 0.5) is 4.39 Å². The molecule has 0 unspecified atom stereocenters. The van der Waals surface area contributed by atoms with Gasteiger partial charge in [0.2, 0.25) is 0 Å². The van der Waals surface area contributed by atoms with E-state index in [1.807, 2.05) is 7.05 Å². The normalized spacial score (nSPS) is 10.6. The molecule has 1 N–H and O–H groups in total. The summed E-state index contributed by atoms with van der Waals surface area (Å²) in [6, 6.07) is 9.48. The molecule has 0 heterocycles. The molecule has 2 nitrogen and oxygen atoms in total. The highest BCUT2D eigenvalue weighted by molar-refractivity contribution is 6.42. The fraction of sp³-hybridized carbons (Fsp3) is 0.200. The van der Waals surface area contributed by atoms with E-state index in [1.54, 1.807) is 24.3 Å². The SMILES string of the molecule is CNCCc1cc(F)ccc1Oc1ccc(Cl)c(Cl)c1. The second-order valence-electron chi connectivity index (χ2n) is 4.28. The fourth-order valence-corrected chi connectivity index (χ4v) is 2.06. The molecule has 0 aromatic heterocycles. The third kappa shape index (κ3) is 3.85. The molecule has 2 aromatic carbocycles. The van der Waals surface area contributed by atoms with Crippen LogP contribution in [0.15, 0.2) is 36.4 Å². The minimum absolute atomic E-state index is 0.280. The lowest BCUT2D eigenvalue weighted by Crippen LogP contribution is -2.11. The molecule has 2 rings (SSSR count). The third-order valence-corrected chi connectivity index (χ3v) is 3.52. The topological polar surface area (TPSA) is 21.3 Å². The molecule has 0 aliphatic heterocycles. The van der Waals surface area contributed by atoms with E-state index in [0.29, 0.717) is 28.0 Å². The molecule has 0 aliphatic carbocycles. The minimum atomic E-state index is -0.280. The zero-order chi connectivity index (χ0) is 14.5. The summed E-state index contributed by atoms with van der Waals surface area (Å²) in [5, 5.41) is 3.91. The van der Waals surface area contributed by atoms with Crippen LogP contribution in [0.5, 0.6) is 11.5 Å². The summed E-state index contributed by atoms with van der Waals surface area (Å²) in [6.07, 6.45) is 0.672. The fourth-order valence-electron chi connectivity index (χ4n) is 1.77. The molecule has 2 aromatic rings. The molecule has 0 fully saturated rings. The first-order valence-corrected chi connectivity index (χ1v) is 6.91. The van der Waals surface area contributed by atoms with Crippen LogP contribution in [-0.2, 0) is 6.42 Å². The van der Waals surface area contributed by atoms with E-state index in [9.17, 15) is 4.39 Å². The highest BCUT2D eigenvalue weighted by atomic mass is 35.5. The van der Waals surface area contributed by atoms with Crippen LogP contribution in [0.1, 0.15) is 5.56 Å². The van der Waals surface area contributed by atoms with Gasteiger partial charge < -0.3 is 10.1 Å². The summed E-state index contributed by atoms with van der Waals surface area (Å²) in [7, 11) is 1.85. The molecule has 106 valence electrons. The Morgan fingerprint density at radius 3 is 2.60 bits per heavy atom. The maximum Gasteiger partial charge on any atom is 0.130 e. The van der Waals surface area contributed by atoms with Crippen molar-refractivity contribution in [3.05, 3.63) is 57.8 Å². The predicted molar refractivity (Wildman–Crippen MR) is 80.6 cm³/mol. The van der Waals surface area contributed by atoms with Crippen molar-refractivity contribution in [2.24, 2.45) is 0 Å². The Bertz CT molecular complexity index is 604. The Hall–Kier alpha value is -1.29. The van der Waals surface area contributed by atoms with Crippen LogP contribution in [0.3, 0.4) is 0 Å². The van der Waals surface area contributed by atoms with Crippen molar-refractivity contribution < 1.29 is 9.13 Å². The summed E-state index contributed by atoms with van der Waals surface area (Å²) in [6.45, 7) is 0.737. The van der Waals surface area contributed by atoms with Gasteiger partial charge in [-0.15, -0.1) is 0 Å². The lowest BCUT2D eigenvalue weighted by Gasteiger charge is -2.12. The van der Waals surface area contributed by atoms with Crippen molar-refractivity contribution >= 4 is 23.2 Å². The van der Waals surface area contributed by atoms with Crippen LogP contribution >= 0.6 is 23.2 Å². The first-order chi connectivity index (χ1) is 9.60. The number of ether oxygens (including phenoxy) is 1. The number of nitrogens with one attached hydrogen (secondary N) is 1. The summed E-state index contributed by atoms with van der Waals surface area (Å²) < 4.78 is 19.1. The van der Waals surface area contributed by atoms with Crippen molar-refractivity contribution in [2.45, 2.75) is 6.42 Å². The Morgan fingerprint density at radius 1 is 1.10 bits per heavy atom. The van der Waals surface area contributed by atoms with E-state index < -0.39 is 0 Å². The van der Waals surface area contributed by atoms with E-state index in [2.05, 4.69) is 5.32 Å². The molecule has 0 amide bonds. The lowest BCUT2D eigenvalue weighted by molar-refractivity contribution is 0.473. The van der Waals surface area contributed by atoms with Gasteiger partial charge in [-0.3, -0.25) is 0 Å². The second kappa shape index (κ2) is 6.93. The molecule has 0 aliphatic rings. The summed E-state index contributed by atoms with van der Waals surface area (Å²) >= 11 is 11.8. The van der Waals surface area contributed by atoms with Crippen LogP contribution in [0.25, 0.3) is 0 Å². The standard InChI is InChI=1S/C15H14Cl2FNO/c1-19-7-6-10-8-11(18)2-5-15(10)20-12-3-4-13(16)14(17)9-12/h2-5,8-9,19H,6-7H2,1H3. The van der Waals surface area contributed by atoms with Crippen LogP contribution < -0.4 is 10.1 Å². The maximum atomic E-state index is 13.3. The van der Waals surface area contributed by atoms with Gasteiger partial charge in [-0.1, -0.05) is 23.2 Å². The van der Waals surface area contributed by atoms with E-state index in [1.165, 1.54) is 12.1 Å².